The van der Waals surface area contributed by atoms with E-state index in [2.05, 4.69) is 19.8 Å². The molecule has 1 aliphatic rings. The van der Waals surface area contributed by atoms with E-state index in [9.17, 15) is 4.79 Å². The monoisotopic (exact) mass is 288 g/mol. The van der Waals surface area contributed by atoms with Gasteiger partial charge >= 0.3 is 0 Å². The minimum atomic E-state index is 0.729. The average Bonchev–Trinajstić information content (AvgIpc) is 2.89. The highest BCUT2D eigenvalue weighted by molar-refractivity contribution is 7.17. The molecule has 6 heteroatoms. The highest BCUT2D eigenvalue weighted by atomic mass is 32.1. The second-order valence-corrected chi connectivity index (χ2v) is 5.74. The third kappa shape index (κ3) is 2.51. The summed E-state index contributed by atoms with van der Waals surface area (Å²) in [4.78, 5) is 25.0. The van der Waals surface area contributed by atoms with Crippen molar-refractivity contribution in [1.82, 2.24) is 9.97 Å². The van der Waals surface area contributed by atoms with Crippen molar-refractivity contribution in [3.8, 4) is 0 Å². The summed E-state index contributed by atoms with van der Waals surface area (Å²) < 4.78 is 0. The minimum Gasteiger partial charge on any atom is -0.353 e. The molecule has 3 rings (SSSR count). The van der Waals surface area contributed by atoms with Crippen LogP contribution in [0.2, 0.25) is 0 Å². The molecule has 1 fully saturated rings. The van der Waals surface area contributed by atoms with Crippen molar-refractivity contribution >= 4 is 28.6 Å². The largest absolute Gasteiger partial charge is 0.353 e. The molecule has 0 aliphatic carbocycles. The van der Waals surface area contributed by atoms with Crippen LogP contribution >= 0.6 is 11.3 Å². The lowest BCUT2D eigenvalue weighted by atomic mass is 10.3. The molecular weight excluding hydrogens is 272 g/mol. The molecule has 0 N–H and O–H groups in total. The third-order valence-electron chi connectivity index (χ3n) is 3.45. The van der Waals surface area contributed by atoms with Gasteiger partial charge in [-0.1, -0.05) is 17.4 Å². The first-order chi connectivity index (χ1) is 9.78. The van der Waals surface area contributed by atoms with Gasteiger partial charge in [0.25, 0.3) is 0 Å². The first-order valence-corrected chi connectivity index (χ1v) is 7.43. The van der Waals surface area contributed by atoms with E-state index in [4.69, 9.17) is 0 Å². The lowest BCUT2D eigenvalue weighted by molar-refractivity contribution is 0.112. The molecule has 0 unspecified atom stereocenters. The molecule has 3 heterocycles. The van der Waals surface area contributed by atoms with Crippen molar-refractivity contribution < 1.29 is 4.79 Å². The molecule has 0 spiro atoms. The van der Waals surface area contributed by atoms with Gasteiger partial charge in [0, 0.05) is 32.4 Å². The van der Waals surface area contributed by atoms with E-state index in [1.165, 1.54) is 11.3 Å². The van der Waals surface area contributed by atoms with Crippen LogP contribution < -0.4 is 9.80 Å². The van der Waals surface area contributed by atoms with E-state index < -0.39 is 0 Å². The number of aryl methyl sites for hydroxylation is 1. The van der Waals surface area contributed by atoms with Gasteiger partial charge in [-0.2, -0.15) is 0 Å². The van der Waals surface area contributed by atoms with Gasteiger partial charge in [0.1, 0.15) is 5.82 Å². The Balaban J connectivity index is 1.67. The van der Waals surface area contributed by atoms with Crippen LogP contribution in [0.4, 0.5) is 10.9 Å². The van der Waals surface area contributed by atoms with Gasteiger partial charge in [0.05, 0.1) is 10.6 Å². The van der Waals surface area contributed by atoms with Crippen LogP contribution in [0, 0.1) is 6.92 Å². The predicted octanol–water partition coefficient (Wildman–Crippen LogP) is 1.99. The Morgan fingerprint density at radius 2 is 1.95 bits per heavy atom. The van der Waals surface area contributed by atoms with Crippen LogP contribution in [0.3, 0.4) is 0 Å². The predicted molar refractivity (Wildman–Crippen MR) is 80.9 cm³/mol. The van der Waals surface area contributed by atoms with Gasteiger partial charge in [0.2, 0.25) is 0 Å². The first-order valence-electron chi connectivity index (χ1n) is 6.61. The smallest absolute Gasteiger partial charge is 0.186 e. The summed E-state index contributed by atoms with van der Waals surface area (Å²) >= 11 is 1.48. The van der Waals surface area contributed by atoms with Gasteiger partial charge in [-0.15, -0.1) is 0 Å². The number of rotatable bonds is 3. The fourth-order valence-electron chi connectivity index (χ4n) is 2.31. The maximum atomic E-state index is 10.9. The van der Waals surface area contributed by atoms with E-state index in [-0.39, 0.29) is 0 Å². The molecule has 0 atom stereocenters. The Bertz CT molecular complexity index is 590. The summed E-state index contributed by atoms with van der Waals surface area (Å²) in [5, 5.41) is 0.949. The number of aldehydes is 1. The highest BCUT2D eigenvalue weighted by Gasteiger charge is 2.21. The molecule has 0 aromatic carbocycles. The molecule has 0 amide bonds. The fraction of sp³-hybridized carbons (Fsp3) is 0.357. The Morgan fingerprint density at radius 1 is 1.20 bits per heavy atom. The van der Waals surface area contributed by atoms with Crippen LogP contribution in [0.25, 0.3) is 0 Å². The van der Waals surface area contributed by atoms with Crippen molar-refractivity contribution in [3.63, 3.8) is 0 Å². The topological polar surface area (TPSA) is 49.3 Å². The summed E-state index contributed by atoms with van der Waals surface area (Å²) in [5.74, 6) is 1.02. The van der Waals surface area contributed by atoms with Crippen molar-refractivity contribution in [1.29, 1.82) is 0 Å². The number of carbonyl (C=O) groups excluding carboxylic acids is 1. The summed E-state index contributed by atoms with van der Waals surface area (Å²) in [6, 6.07) is 5.97. The van der Waals surface area contributed by atoms with Gasteiger partial charge < -0.3 is 9.80 Å². The number of anilines is 2. The quantitative estimate of drug-likeness (QED) is 0.808. The van der Waals surface area contributed by atoms with E-state index in [1.807, 2.05) is 31.3 Å². The number of hydrogen-bond donors (Lipinski definition) is 0. The lowest BCUT2D eigenvalue weighted by Crippen LogP contribution is -2.46. The third-order valence-corrected chi connectivity index (χ3v) is 4.60. The number of aromatic nitrogens is 2. The van der Waals surface area contributed by atoms with Crippen molar-refractivity contribution in [2.24, 2.45) is 0 Å². The number of pyridine rings is 1. The minimum absolute atomic E-state index is 0.729. The molecule has 0 bridgehead atoms. The molecule has 1 aliphatic heterocycles. The molecule has 104 valence electrons. The van der Waals surface area contributed by atoms with Crippen LogP contribution in [0.5, 0.6) is 0 Å². The zero-order chi connectivity index (χ0) is 13.9. The number of piperazine rings is 1. The Morgan fingerprint density at radius 3 is 2.55 bits per heavy atom. The zero-order valence-corrected chi connectivity index (χ0v) is 12.1. The molecular formula is C14H16N4OS. The zero-order valence-electron chi connectivity index (χ0n) is 11.3. The Kier molecular flexibility index (Phi) is 3.64. The second kappa shape index (κ2) is 5.58. The summed E-state index contributed by atoms with van der Waals surface area (Å²) in [7, 11) is 0. The van der Waals surface area contributed by atoms with Crippen molar-refractivity contribution in [2.75, 3.05) is 36.0 Å². The van der Waals surface area contributed by atoms with E-state index >= 15 is 0 Å². The maximum Gasteiger partial charge on any atom is 0.186 e. The summed E-state index contributed by atoms with van der Waals surface area (Å²) in [5.41, 5.74) is 0.826. The summed E-state index contributed by atoms with van der Waals surface area (Å²) in [6.07, 6.45) is 2.71. The van der Waals surface area contributed by atoms with E-state index in [0.717, 1.165) is 54.0 Å². The molecule has 2 aromatic rings. The molecule has 1 saturated heterocycles. The Hall–Kier alpha value is -1.95. The van der Waals surface area contributed by atoms with Crippen molar-refractivity contribution in [2.45, 2.75) is 6.92 Å². The van der Waals surface area contributed by atoms with Gasteiger partial charge in [-0.3, -0.25) is 4.79 Å². The highest BCUT2D eigenvalue weighted by Crippen LogP contribution is 2.26. The van der Waals surface area contributed by atoms with Gasteiger partial charge in [-0.25, -0.2) is 9.97 Å². The number of carbonyl (C=O) groups is 1. The Labute approximate surface area is 121 Å². The van der Waals surface area contributed by atoms with Crippen LogP contribution in [-0.2, 0) is 0 Å². The normalized spacial score (nSPS) is 15.4. The van der Waals surface area contributed by atoms with Crippen LogP contribution in [-0.4, -0.2) is 42.4 Å². The van der Waals surface area contributed by atoms with Crippen LogP contribution in [0.15, 0.2) is 24.4 Å². The number of hydrogen-bond acceptors (Lipinski definition) is 6. The number of nitrogens with zero attached hydrogens (tertiary/aromatic N) is 4. The number of thiazole rings is 1. The molecule has 5 nitrogen and oxygen atoms in total. The molecule has 2 aromatic heterocycles. The fourth-order valence-corrected chi connectivity index (χ4v) is 3.24. The first kappa shape index (κ1) is 13.1. The van der Waals surface area contributed by atoms with E-state index in [0.29, 0.717) is 0 Å². The lowest BCUT2D eigenvalue weighted by Gasteiger charge is -2.35. The van der Waals surface area contributed by atoms with Gasteiger partial charge in [0.15, 0.2) is 11.4 Å². The summed E-state index contributed by atoms with van der Waals surface area (Å²) in [6.45, 7) is 5.54. The van der Waals surface area contributed by atoms with E-state index in [1.54, 1.807) is 0 Å². The van der Waals surface area contributed by atoms with Gasteiger partial charge in [-0.05, 0) is 19.1 Å². The van der Waals surface area contributed by atoms with Crippen molar-refractivity contribution in [3.05, 3.63) is 35.0 Å². The average molecular weight is 288 g/mol. The second-order valence-electron chi connectivity index (χ2n) is 4.73. The van der Waals surface area contributed by atoms with Crippen LogP contribution in [0.1, 0.15) is 15.4 Å². The standard InChI is InChI=1S/C14H16N4OS/c1-11-12(10-19)20-14(16-11)18-8-6-17(7-9-18)13-4-2-3-5-15-13/h2-5,10H,6-9H2,1H3. The molecule has 0 radical (unpaired) electrons. The SMILES string of the molecule is Cc1nc(N2CCN(c3ccccn3)CC2)sc1C=O. The molecule has 0 saturated carbocycles. The maximum absolute atomic E-state index is 10.9. The molecule has 20 heavy (non-hydrogen) atoms.